The van der Waals surface area contributed by atoms with Crippen LogP contribution in [0.2, 0.25) is 0 Å². The van der Waals surface area contributed by atoms with Crippen molar-refractivity contribution in [2.24, 2.45) is 0 Å². The molecule has 1 aliphatic carbocycles. The van der Waals surface area contributed by atoms with Crippen molar-refractivity contribution in [3.05, 3.63) is 71.8 Å². The lowest BCUT2D eigenvalue weighted by atomic mass is 9.89. The number of hydrogen-bond acceptors (Lipinski definition) is 1. The largest absolute Gasteiger partial charge is 0.346 e. The highest BCUT2D eigenvalue weighted by Crippen LogP contribution is 2.55. The molecule has 0 aliphatic heterocycles. The Morgan fingerprint density at radius 2 is 1.05 bits per heavy atom. The molecule has 1 N–H and O–H groups in total. The highest BCUT2D eigenvalue weighted by atomic mass is 31.1. The van der Waals surface area contributed by atoms with Crippen molar-refractivity contribution in [3.63, 3.8) is 0 Å². The quantitative estimate of drug-likeness (QED) is 0.649. The molecule has 1 aromatic heterocycles. The van der Waals surface area contributed by atoms with Crippen molar-refractivity contribution < 1.29 is 4.89 Å². The van der Waals surface area contributed by atoms with Gasteiger partial charge in [0.1, 0.15) is 0 Å². The maximum atomic E-state index is 11.1. The standard InChI is InChI=1S/C20H19OP/c21-22-19(15-9-3-1-4-10-15)17-13-7-8-14-18(17)20(22)16-11-5-2-6-12-16/h1-6,9-12,21H,7-8,13-14H2. The fraction of sp³-hybridized carbons (Fsp3) is 0.200. The van der Waals surface area contributed by atoms with Gasteiger partial charge in [-0.2, -0.15) is 0 Å². The smallest absolute Gasteiger partial charge is 0.0308 e. The Bertz CT molecular complexity index is 721. The maximum absolute atomic E-state index is 11.1. The van der Waals surface area contributed by atoms with Crippen LogP contribution in [0.25, 0.3) is 21.7 Å². The van der Waals surface area contributed by atoms with Gasteiger partial charge in [-0.15, -0.1) is 0 Å². The van der Waals surface area contributed by atoms with Gasteiger partial charge in [-0.1, -0.05) is 60.7 Å². The first-order valence-corrected chi connectivity index (χ1v) is 9.22. The summed E-state index contributed by atoms with van der Waals surface area (Å²) in [5.41, 5.74) is 5.22. The lowest BCUT2D eigenvalue weighted by Crippen LogP contribution is -2.01. The second kappa shape index (κ2) is 5.76. The van der Waals surface area contributed by atoms with Crippen LogP contribution in [0.4, 0.5) is 0 Å². The zero-order chi connectivity index (χ0) is 14.9. The van der Waals surface area contributed by atoms with Crippen LogP contribution in [0.3, 0.4) is 0 Å². The molecule has 2 heteroatoms. The minimum atomic E-state index is -1.24. The third-order valence-electron chi connectivity index (χ3n) is 4.56. The molecular formula is C20H19OP. The van der Waals surface area contributed by atoms with E-state index in [9.17, 15) is 4.89 Å². The summed E-state index contributed by atoms with van der Waals surface area (Å²) in [6.07, 6.45) is 4.69. The molecular weight excluding hydrogens is 287 g/mol. The average molecular weight is 306 g/mol. The van der Waals surface area contributed by atoms with Gasteiger partial charge in [0.25, 0.3) is 0 Å². The summed E-state index contributed by atoms with van der Waals surface area (Å²) in [7, 11) is -1.24. The van der Waals surface area contributed by atoms with Gasteiger partial charge in [0.2, 0.25) is 0 Å². The van der Waals surface area contributed by atoms with E-state index < -0.39 is 7.76 Å². The fourth-order valence-corrected chi connectivity index (χ4v) is 5.60. The molecule has 0 atom stereocenters. The number of rotatable bonds is 2. The van der Waals surface area contributed by atoms with Gasteiger partial charge in [0.05, 0.1) is 0 Å². The topological polar surface area (TPSA) is 20.2 Å². The molecule has 3 aromatic rings. The van der Waals surface area contributed by atoms with E-state index in [2.05, 4.69) is 48.5 Å². The van der Waals surface area contributed by atoms with Crippen molar-refractivity contribution in [3.8, 4) is 21.7 Å². The van der Waals surface area contributed by atoms with Gasteiger partial charge in [-0.3, -0.25) is 0 Å². The molecule has 1 nitrogen and oxygen atoms in total. The molecule has 0 amide bonds. The molecule has 110 valence electrons. The van der Waals surface area contributed by atoms with Crippen LogP contribution in [-0.4, -0.2) is 4.89 Å². The third kappa shape index (κ3) is 2.22. The Morgan fingerprint density at radius 3 is 1.45 bits per heavy atom. The first kappa shape index (κ1) is 13.8. The Morgan fingerprint density at radius 1 is 0.636 bits per heavy atom. The molecule has 0 saturated carbocycles. The van der Waals surface area contributed by atoms with Crippen molar-refractivity contribution in [2.45, 2.75) is 25.7 Å². The molecule has 1 heterocycles. The van der Waals surface area contributed by atoms with Gasteiger partial charge in [0.15, 0.2) is 0 Å². The highest BCUT2D eigenvalue weighted by molar-refractivity contribution is 7.51. The van der Waals surface area contributed by atoms with Crippen LogP contribution in [0.15, 0.2) is 60.7 Å². The molecule has 0 radical (unpaired) electrons. The van der Waals surface area contributed by atoms with Crippen molar-refractivity contribution in [2.75, 3.05) is 0 Å². The van der Waals surface area contributed by atoms with Crippen LogP contribution in [0.5, 0.6) is 0 Å². The van der Waals surface area contributed by atoms with E-state index in [1.165, 1.54) is 45.7 Å². The van der Waals surface area contributed by atoms with E-state index in [1.54, 1.807) is 0 Å². The summed E-state index contributed by atoms with van der Waals surface area (Å²) in [6.45, 7) is 0. The van der Waals surface area contributed by atoms with E-state index >= 15 is 0 Å². The highest BCUT2D eigenvalue weighted by Gasteiger charge is 2.26. The molecule has 0 unspecified atom stereocenters. The summed E-state index contributed by atoms with van der Waals surface area (Å²) in [5.74, 6) is 0. The van der Waals surface area contributed by atoms with E-state index in [0.717, 1.165) is 12.8 Å². The summed E-state index contributed by atoms with van der Waals surface area (Å²) in [6, 6.07) is 20.9. The monoisotopic (exact) mass is 306 g/mol. The van der Waals surface area contributed by atoms with Crippen LogP contribution >= 0.6 is 7.76 Å². The minimum Gasteiger partial charge on any atom is -0.346 e. The molecule has 4 rings (SSSR count). The lowest BCUT2D eigenvalue weighted by Gasteiger charge is -2.14. The molecule has 2 aromatic carbocycles. The van der Waals surface area contributed by atoms with Crippen LogP contribution in [0.1, 0.15) is 24.0 Å². The van der Waals surface area contributed by atoms with Crippen molar-refractivity contribution in [1.82, 2.24) is 0 Å². The average Bonchev–Trinajstić information content (AvgIpc) is 2.88. The Labute approximate surface area is 132 Å². The van der Waals surface area contributed by atoms with E-state index in [4.69, 9.17) is 0 Å². The van der Waals surface area contributed by atoms with Crippen LogP contribution in [-0.2, 0) is 12.8 Å². The zero-order valence-corrected chi connectivity index (χ0v) is 13.4. The van der Waals surface area contributed by atoms with Gasteiger partial charge in [-0.05, 0) is 47.9 Å². The molecule has 1 aliphatic rings. The van der Waals surface area contributed by atoms with Crippen LogP contribution in [0, 0.1) is 0 Å². The van der Waals surface area contributed by atoms with Gasteiger partial charge >= 0.3 is 0 Å². The SMILES string of the molecule is Op1c(-c2ccccc2)c2c(c1-c1ccccc1)CCCC2. The van der Waals surface area contributed by atoms with Crippen molar-refractivity contribution in [1.29, 1.82) is 0 Å². The number of hydrogen-bond donors (Lipinski definition) is 1. The first-order chi connectivity index (χ1) is 10.9. The van der Waals surface area contributed by atoms with E-state index in [0.29, 0.717) is 0 Å². The van der Waals surface area contributed by atoms with E-state index in [-0.39, 0.29) is 0 Å². The Kier molecular flexibility index (Phi) is 3.62. The summed E-state index contributed by atoms with van der Waals surface area (Å²) in [5, 5.41) is 2.40. The maximum Gasteiger partial charge on any atom is 0.0308 e. The summed E-state index contributed by atoms with van der Waals surface area (Å²) in [4.78, 5) is 11.1. The molecule has 0 spiro atoms. The van der Waals surface area contributed by atoms with Crippen molar-refractivity contribution >= 4 is 7.76 Å². The molecule has 22 heavy (non-hydrogen) atoms. The number of fused-ring (bicyclic) bond motifs is 1. The second-order valence-corrected chi connectivity index (χ2v) is 7.42. The first-order valence-electron chi connectivity index (χ1n) is 7.93. The zero-order valence-electron chi connectivity index (χ0n) is 12.5. The fourth-order valence-electron chi connectivity index (χ4n) is 3.58. The predicted octanol–water partition coefficient (Wildman–Crippen LogP) is 5.64. The number of benzene rings is 2. The Hall–Kier alpha value is -1.82. The van der Waals surface area contributed by atoms with Gasteiger partial charge < -0.3 is 4.89 Å². The Balaban J connectivity index is 1.99. The van der Waals surface area contributed by atoms with Gasteiger partial charge in [0, 0.05) is 18.4 Å². The lowest BCUT2D eigenvalue weighted by molar-refractivity contribution is 0.651. The normalized spacial score (nSPS) is 13.9. The van der Waals surface area contributed by atoms with Crippen LogP contribution < -0.4 is 0 Å². The molecule has 0 saturated heterocycles. The summed E-state index contributed by atoms with van der Waals surface area (Å²) < 4.78 is 0. The van der Waals surface area contributed by atoms with Gasteiger partial charge in [-0.25, -0.2) is 0 Å². The molecule has 0 bridgehead atoms. The second-order valence-electron chi connectivity index (χ2n) is 5.91. The molecule has 0 fully saturated rings. The van der Waals surface area contributed by atoms with E-state index in [1.807, 2.05) is 12.1 Å². The third-order valence-corrected chi connectivity index (χ3v) is 6.46. The predicted molar refractivity (Wildman–Crippen MR) is 94.3 cm³/mol. The minimum absolute atomic E-state index is 1.11. The summed E-state index contributed by atoms with van der Waals surface area (Å²) >= 11 is 0.